The molecule has 0 aromatic heterocycles. The average Bonchev–Trinajstić information content (AvgIpc) is 2.14. The van der Waals surface area contributed by atoms with Gasteiger partial charge in [0, 0.05) is 0 Å². The summed E-state index contributed by atoms with van der Waals surface area (Å²) in [5, 5.41) is 0. The molecular formula is C7H13NO5S. The Bertz CT molecular complexity index is 351. The highest BCUT2D eigenvalue weighted by Gasteiger charge is 2.55. The van der Waals surface area contributed by atoms with Gasteiger partial charge < -0.3 is 9.47 Å². The molecule has 0 bridgehead atoms. The van der Waals surface area contributed by atoms with Gasteiger partial charge in [-0.2, -0.15) is 13.1 Å². The van der Waals surface area contributed by atoms with Crippen LogP contribution in [0.3, 0.4) is 0 Å². The standard InChI is InChI=1S/C7H13NO5S/c1-6(2)12-5-4-11-14(9,10)8-7(5,3)13-6/h5,8H,4H2,1-3H3/t5-,7-/m0/s1. The van der Waals surface area contributed by atoms with Crippen molar-refractivity contribution in [2.24, 2.45) is 0 Å². The van der Waals surface area contributed by atoms with Gasteiger partial charge in [-0.25, -0.2) is 0 Å². The van der Waals surface area contributed by atoms with Crippen LogP contribution in [0.2, 0.25) is 0 Å². The Labute approximate surface area is 82.8 Å². The summed E-state index contributed by atoms with van der Waals surface area (Å²) in [6, 6.07) is 0. The normalized spacial score (nSPS) is 44.6. The fraction of sp³-hybridized carbons (Fsp3) is 1.00. The van der Waals surface area contributed by atoms with Gasteiger partial charge in [0.15, 0.2) is 11.5 Å². The third kappa shape index (κ3) is 1.66. The van der Waals surface area contributed by atoms with Gasteiger partial charge in [0.2, 0.25) is 0 Å². The van der Waals surface area contributed by atoms with E-state index in [1.54, 1.807) is 20.8 Å². The van der Waals surface area contributed by atoms with Crippen LogP contribution in [0.25, 0.3) is 0 Å². The molecule has 6 nitrogen and oxygen atoms in total. The molecule has 1 N–H and O–H groups in total. The second-order valence-corrected chi connectivity index (χ2v) is 5.40. The second kappa shape index (κ2) is 2.67. The number of hydrogen-bond donors (Lipinski definition) is 1. The molecule has 2 saturated heterocycles. The number of rotatable bonds is 0. The van der Waals surface area contributed by atoms with Crippen molar-refractivity contribution in [2.45, 2.75) is 38.4 Å². The minimum Gasteiger partial charge on any atom is -0.340 e. The molecule has 0 radical (unpaired) electrons. The van der Waals surface area contributed by atoms with Gasteiger partial charge >= 0.3 is 10.3 Å². The maximum absolute atomic E-state index is 11.1. The summed E-state index contributed by atoms with van der Waals surface area (Å²) in [6.07, 6.45) is -0.416. The topological polar surface area (TPSA) is 73.9 Å². The Balaban J connectivity index is 2.28. The molecule has 7 heteroatoms. The summed E-state index contributed by atoms with van der Waals surface area (Å²) in [5.41, 5.74) is -1.03. The van der Waals surface area contributed by atoms with Gasteiger partial charge in [0.05, 0.1) is 6.61 Å². The third-order valence-corrected chi connectivity index (χ3v) is 3.30. The van der Waals surface area contributed by atoms with E-state index in [0.717, 1.165) is 0 Å². The SMILES string of the molecule is CC1(C)O[C@H]2COS(=O)(=O)N[C@@]2(C)O1. The predicted molar refractivity (Wildman–Crippen MR) is 46.4 cm³/mol. The van der Waals surface area contributed by atoms with Gasteiger partial charge in [-0.1, -0.05) is 0 Å². The summed E-state index contributed by atoms with van der Waals surface area (Å²) in [4.78, 5) is 0. The lowest BCUT2D eigenvalue weighted by Crippen LogP contribution is -2.59. The Morgan fingerprint density at radius 3 is 2.64 bits per heavy atom. The first kappa shape index (κ1) is 10.3. The van der Waals surface area contributed by atoms with Crippen molar-refractivity contribution in [1.29, 1.82) is 0 Å². The first-order valence-electron chi connectivity index (χ1n) is 4.29. The van der Waals surface area contributed by atoms with Gasteiger partial charge in [-0.15, -0.1) is 0 Å². The summed E-state index contributed by atoms with van der Waals surface area (Å²) < 4.78 is 40.1. The molecule has 0 unspecified atom stereocenters. The van der Waals surface area contributed by atoms with Crippen LogP contribution in [0.4, 0.5) is 0 Å². The molecule has 2 atom stereocenters. The van der Waals surface area contributed by atoms with Gasteiger partial charge in [-0.05, 0) is 20.8 Å². The van der Waals surface area contributed by atoms with E-state index in [-0.39, 0.29) is 6.61 Å². The van der Waals surface area contributed by atoms with Crippen LogP contribution < -0.4 is 4.72 Å². The van der Waals surface area contributed by atoms with Crippen LogP contribution in [0.5, 0.6) is 0 Å². The largest absolute Gasteiger partial charge is 0.340 e. The summed E-state index contributed by atoms with van der Waals surface area (Å²) in [6.45, 7) is 5.07. The number of ether oxygens (including phenoxy) is 2. The van der Waals surface area contributed by atoms with E-state index < -0.39 is 27.9 Å². The van der Waals surface area contributed by atoms with Crippen LogP contribution in [0.15, 0.2) is 0 Å². The van der Waals surface area contributed by atoms with Crippen LogP contribution in [0, 0.1) is 0 Å². The maximum Gasteiger partial charge on any atom is 0.338 e. The molecule has 2 rings (SSSR count). The molecule has 2 fully saturated rings. The van der Waals surface area contributed by atoms with Crippen molar-refractivity contribution >= 4 is 10.3 Å². The van der Waals surface area contributed by atoms with Crippen molar-refractivity contribution in [3.05, 3.63) is 0 Å². The Morgan fingerprint density at radius 1 is 1.36 bits per heavy atom. The van der Waals surface area contributed by atoms with Crippen molar-refractivity contribution in [3.63, 3.8) is 0 Å². The van der Waals surface area contributed by atoms with Crippen LogP contribution in [-0.4, -0.2) is 32.6 Å². The van der Waals surface area contributed by atoms with E-state index in [1.807, 2.05) is 0 Å². The number of hydrogen-bond acceptors (Lipinski definition) is 5. The van der Waals surface area contributed by atoms with Crippen molar-refractivity contribution in [2.75, 3.05) is 6.61 Å². The van der Waals surface area contributed by atoms with Gasteiger partial charge in [-0.3, -0.25) is 4.18 Å². The number of nitrogens with one attached hydrogen (secondary N) is 1. The molecule has 0 aromatic rings. The van der Waals surface area contributed by atoms with E-state index in [2.05, 4.69) is 8.91 Å². The molecule has 0 aromatic carbocycles. The van der Waals surface area contributed by atoms with E-state index in [1.165, 1.54) is 0 Å². The molecule has 2 aliphatic heterocycles. The van der Waals surface area contributed by atoms with Crippen LogP contribution >= 0.6 is 0 Å². The quantitative estimate of drug-likeness (QED) is 0.611. The average molecular weight is 223 g/mol. The molecule has 0 saturated carbocycles. The summed E-state index contributed by atoms with van der Waals surface area (Å²) in [5.74, 6) is -0.796. The zero-order valence-corrected chi connectivity index (χ0v) is 9.05. The Hall–Kier alpha value is -0.210. The van der Waals surface area contributed by atoms with Crippen molar-refractivity contribution in [1.82, 2.24) is 4.72 Å². The molecule has 82 valence electrons. The van der Waals surface area contributed by atoms with Crippen molar-refractivity contribution < 1.29 is 22.1 Å². The lowest BCUT2D eigenvalue weighted by atomic mass is 10.1. The predicted octanol–water partition coefficient (Wildman–Crippen LogP) is -0.281. The number of fused-ring (bicyclic) bond motifs is 1. The van der Waals surface area contributed by atoms with E-state index >= 15 is 0 Å². The zero-order chi connectivity index (χ0) is 10.6. The summed E-state index contributed by atoms with van der Waals surface area (Å²) >= 11 is 0. The lowest BCUT2D eigenvalue weighted by molar-refractivity contribution is -0.161. The molecule has 0 amide bonds. The van der Waals surface area contributed by atoms with Crippen LogP contribution in [0.1, 0.15) is 20.8 Å². The highest BCUT2D eigenvalue weighted by atomic mass is 32.2. The zero-order valence-electron chi connectivity index (χ0n) is 8.23. The Morgan fingerprint density at radius 2 is 2.00 bits per heavy atom. The maximum atomic E-state index is 11.1. The van der Waals surface area contributed by atoms with E-state index in [9.17, 15) is 8.42 Å². The molecule has 14 heavy (non-hydrogen) atoms. The van der Waals surface area contributed by atoms with Crippen molar-refractivity contribution in [3.8, 4) is 0 Å². The molecule has 2 heterocycles. The highest BCUT2D eigenvalue weighted by Crippen LogP contribution is 2.37. The first-order valence-corrected chi connectivity index (χ1v) is 5.70. The highest BCUT2D eigenvalue weighted by molar-refractivity contribution is 7.84. The van der Waals surface area contributed by atoms with Gasteiger partial charge in [0.1, 0.15) is 6.10 Å². The fourth-order valence-electron chi connectivity index (χ4n) is 1.76. The smallest absolute Gasteiger partial charge is 0.338 e. The minimum atomic E-state index is -3.70. The minimum absolute atomic E-state index is 0.0186. The lowest BCUT2D eigenvalue weighted by Gasteiger charge is -2.32. The summed E-state index contributed by atoms with van der Waals surface area (Å²) in [7, 11) is -3.70. The fourth-order valence-corrected chi connectivity index (χ4v) is 2.80. The third-order valence-electron chi connectivity index (χ3n) is 2.20. The first-order chi connectivity index (χ1) is 6.23. The van der Waals surface area contributed by atoms with E-state index in [4.69, 9.17) is 9.47 Å². The molecule has 0 spiro atoms. The monoisotopic (exact) mass is 223 g/mol. The molecule has 2 aliphatic rings. The Kier molecular flexibility index (Phi) is 1.97. The second-order valence-electron chi connectivity index (χ2n) is 4.06. The molecule has 0 aliphatic carbocycles. The van der Waals surface area contributed by atoms with Gasteiger partial charge in [0.25, 0.3) is 0 Å². The van der Waals surface area contributed by atoms with E-state index in [0.29, 0.717) is 0 Å². The molecular weight excluding hydrogens is 210 g/mol. The van der Waals surface area contributed by atoms with Crippen LogP contribution in [-0.2, 0) is 24.0 Å².